The minimum Gasteiger partial charge on any atom is -0.409 e. The quantitative estimate of drug-likeness (QED) is 0.240. The van der Waals surface area contributed by atoms with Crippen molar-refractivity contribution in [2.24, 2.45) is 0 Å². The van der Waals surface area contributed by atoms with Crippen molar-refractivity contribution in [3.63, 3.8) is 0 Å². The van der Waals surface area contributed by atoms with Gasteiger partial charge in [-0.15, -0.1) is 11.8 Å². The largest absolute Gasteiger partial charge is 0.409 e. The molecule has 2 bridgehead atoms. The number of amides is 2. The first-order chi connectivity index (χ1) is 20.0. The number of carbonyl (C=O) groups excluding carboxylic acids is 2. The highest BCUT2D eigenvalue weighted by molar-refractivity contribution is 7.98. The maximum atomic E-state index is 13.1. The fourth-order valence-electron chi connectivity index (χ4n) is 6.12. The van der Waals surface area contributed by atoms with Gasteiger partial charge in [0, 0.05) is 48.5 Å². The number of likely N-dealkylation sites (tertiary alicyclic amines) is 1. The molecule has 0 saturated carbocycles. The van der Waals surface area contributed by atoms with Crippen LogP contribution in [0.15, 0.2) is 47.4 Å². The lowest BCUT2D eigenvalue weighted by Crippen LogP contribution is -2.54. The fourth-order valence-corrected chi connectivity index (χ4v) is 8.12. The van der Waals surface area contributed by atoms with E-state index in [1.165, 1.54) is 10.5 Å². The fraction of sp³-hybridized carbons (Fsp3) is 0.576. The van der Waals surface area contributed by atoms with Crippen molar-refractivity contribution in [3.8, 4) is 0 Å². The van der Waals surface area contributed by atoms with Crippen LogP contribution >= 0.6 is 11.8 Å². The summed E-state index contributed by atoms with van der Waals surface area (Å²) in [6.45, 7) is 13.2. The standard InChI is InChI=1S/C33H47N3O4SSi/c1-33(2,3)42(5,6)40-29-21-39-28-19-26(29)35-25-14-13-22(18-24(25)28)20-34-31(37)15-16-32(38)36-17-9-11-27(36)23-10-7-8-12-30(23)41-4/h7-8,10,12-14,18,26-29,35H,9,11,15-17,19-21H2,1-6H3,(H,34,37)/t26-,27-,28+,29-/m1/s1. The highest BCUT2D eigenvalue weighted by Gasteiger charge is 2.44. The van der Waals surface area contributed by atoms with E-state index >= 15 is 0 Å². The predicted octanol–water partition coefficient (Wildman–Crippen LogP) is 6.81. The summed E-state index contributed by atoms with van der Waals surface area (Å²) < 4.78 is 13.0. The van der Waals surface area contributed by atoms with Crippen LogP contribution in [0.3, 0.4) is 0 Å². The summed E-state index contributed by atoms with van der Waals surface area (Å²) in [6.07, 6.45) is 5.42. The Hall–Kier alpha value is -2.33. The Labute approximate surface area is 256 Å². The van der Waals surface area contributed by atoms with Crippen LogP contribution in [-0.4, -0.2) is 56.6 Å². The number of hydrogen-bond acceptors (Lipinski definition) is 6. The van der Waals surface area contributed by atoms with Crippen molar-refractivity contribution < 1.29 is 18.8 Å². The van der Waals surface area contributed by atoms with Gasteiger partial charge in [-0.1, -0.05) is 45.0 Å². The first-order valence-corrected chi connectivity index (χ1v) is 19.5. The molecule has 42 heavy (non-hydrogen) atoms. The molecular formula is C33H47N3O4SSi. The number of nitrogens with one attached hydrogen (secondary N) is 2. The van der Waals surface area contributed by atoms with Crippen LogP contribution in [0.1, 0.15) is 81.7 Å². The molecule has 2 aromatic carbocycles. The lowest BCUT2D eigenvalue weighted by atomic mass is 9.89. The highest BCUT2D eigenvalue weighted by atomic mass is 32.2. The van der Waals surface area contributed by atoms with E-state index in [1.54, 1.807) is 11.8 Å². The molecule has 3 aliphatic rings. The molecule has 2 aromatic rings. The molecule has 2 N–H and O–H groups in total. The number of hydrogen-bond donors (Lipinski definition) is 2. The zero-order chi connectivity index (χ0) is 30.1. The van der Waals surface area contributed by atoms with E-state index in [0.717, 1.165) is 42.6 Å². The Morgan fingerprint density at radius 1 is 1.14 bits per heavy atom. The number of anilines is 1. The van der Waals surface area contributed by atoms with Gasteiger partial charge < -0.3 is 24.7 Å². The second-order valence-electron chi connectivity index (χ2n) is 13.4. The monoisotopic (exact) mass is 609 g/mol. The molecule has 0 unspecified atom stereocenters. The number of thioether (sulfide) groups is 1. The zero-order valence-corrected chi connectivity index (χ0v) is 27.8. The Bertz CT molecular complexity index is 1300. The van der Waals surface area contributed by atoms with Gasteiger partial charge in [-0.3, -0.25) is 9.59 Å². The molecular weight excluding hydrogens is 563 g/mol. The molecule has 0 spiro atoms. The van der Waals surface area contributed by atoms with E-state index in [1.807, 2.05) is 17.0 Å². The van der Waals surface area contributed by atoms with Crippen LogP contribution in [0.2, 0.25) is 18.1 Å². The molecule has 3 aliphatic heterocycles. The maximum absolute atomic E-state index is 13.1. The van der Waals surface area contributed by atoms with Gasteiger partial charge in [0.1, 0.15) is 0 Å². The number of benzene rings is 2. The molecule has 3 heterocycles. The molecule has 2 fully saturated rings. The van der Waals surface area contributed by atoms with E-state index in [-0.39, 0.29) is 54.0 Å². The summed E-state index contributed by atoms with van der Waals surface area (Å²) in [4.78, 5) is 29.1. The van der Waals surface area contributed by atoms with Crippen LogP contribution in [0.25, 0.3) is 0 Å². The average Bonchev–Trinajstić information content (AvgIpc) is 3.45. The van der Waals surface area contributed by atoms with E-state index in [4.69, 9.17) is 9.16 Å². The van der Waals surface area contributed by atoms with Gasteiger partial charge in [-0.2, -0.15) is 0 Å². The van der Waals surface area contributed by atoms with Gasteiger partial charge in [0.25, 0.3) is 0 Å². The number of carbonyl (C=O) groups is 2. The summed E-state index contributed by atoms with van der Waals surface area (Å²) in [5.74, 6) is -0.0395. The molecule has 228 valence electrons. The van der Waals surface area contributed by atoms with Gasteiger partial charge >= 0.3 is 0 Å². The first kappa shape index (κ1) is 31.1. The third-order valence-corrected chi connectivity index (χ3v) is 14.9. The van der Waals surface area contributed by atoms with Crippen LogP contribution in [-0.2, 0) is 25.3 Å². The summed E-state index contributed by atoms with van der Waals surface area (Å²) in [5, 5.41) is 6.89. The van der Waals surface area contributed by atoms with Crippen LogP contribution < -0.4 is 10.6 Å². The maximum Gasteiger partial charge on any atom is 0.223 e. The summed E-state index contributed by atoms with van der Waals surface area (Å²) in [6, 6.07) is 15.0. The Balaban J connectivity index is 1.13. The zero-order valence-electron chi connectivity index (χ0n) is 26.0. The molecule has 4 atom stereocenters. The number of fused-ring (bicyclic) bond motifs is 4. The van der Waals surface area contributed by atoms with Crippen molar-refractivity contribution in [3.05, 3.63) is 59.2 Å². The molecule has 0 aromatic heterocycles. The number of ether oxygens (including phenoxy) is 1. The van der Waals surface area contributed by atoms with Crippen LogP contribution in [0.5, 0.6) is 0 Å². The third kappa shape index (κ3) is 6.74. The molecule has 0 aliphatic carbocycles. The second-order valence-corrected chi connectivity index (χ2v) is 19.0. The van der Waals surface area contributed by atoms with Crippen molar-refractivity contribution in [1.29, 1.82) is 0 Å². The Morgan fingerprint density at radius 2 is 1.93 bits per heavy atom. The smallest absolute Gasteiger partial charge is 0.223 e. The highest BCUT2D eigenvalue weighted by Crippen LogP contribution is 2.43. The van der Waals surface area contributed by atoms with Crippen molar-refractivity contribution >= 4 is 37.6 Å². The van der Waals surface area contributed by atoms with E-state index < -0.39 is 8.32 Å². The van der Waals surface area contributed by atoms with Gasteiger partial charge in [-0.25, -0.2) is 0 Å². The van der Waals surface area contributed by atoms with E-state index in [2.05, 4.69) is 81.1 Å². The Morgan fingerprint density at radius 3 is 2.69 bits per heavy atom. The van der Waals surface area contributed by atoms with Crippen LogP contribution in [0, 0.1) is 0 Å². The minimum absolute atomic E-state index is 0.0310. The predicted molar refractivity (Wildman–Crippen MR) is 172 cm³/mol. The van der Waals surface area contributed by atoms with Gasteiger partial charge in [0.15, 0.2) is 8.32 Å². The molecule has 2 saturated heterocycles. The van der Waals surface area contributed by atoms with Gasteiger partial charge in [-0.05, 0) is 66.6 Å². The lowest BCUT2D eigenvalue weighted by molar-refractivity contribution is -0.134. The van der Waals surface area contributed by atoms with Crippen molar-refractivity contribution in [2.45, 2.75) is 107 Å². The Kier molecular flexibility index (Phi) is 9.42. The molecule has 9 heteroatoms. The van der Waals surface area contributed by atoms with Gasteiger partial charge in [0.05, 0.1) is 30.9 Å². The third-order valence-electron chi connectivity index (χ3n) is 9.56. The summed E-state index contributed by atoms with van der Waals surface area (Å²) in [7, 11) is -1.90. The van der Waals surface area contributed by atoms with Crippen molar-refractivity contribution in [1.82, 2.24) is 10.2 Å². The van der Waals surface area contributed by atoms with E-state index in [0.29, 0.717) is 13.2 Å². The topological polar surface area (TPSA) is 79.9 Å². The van der Waals surface area contributed by atoms with Gasteiger partial charge in [0.2, 0.25) is 11.8 Å². The average molecular weight is 610 g/mol. The second kappa shape index (κ2) is 12.7. The van der Waals surface area contributed by atoms with Crippen LogP contribution in [0.4, 0.5) is 5.69 Å². The molecule has 5 rings (SSSR count). The van der Waals surface area contributed by atoms with E-state index in [9.17, 15) is 9.59 Å². The summed E-state index contributed by atoms with van der Waals surface area (Å²) in [5.41, 5.74) is 4.48. The molecule has 2 amide bonds. The lowest BCUT2D eigenvalue weighted by Gasteiger charge is -2.47. The summed E-state index contributed by atoms with van der Waals surface area (Å²) >= 11 is 1.72. The SMILES string of the molecule is CSc1ccccc1[C@H]1CCCN1C(=O)CCC(=O)NCc1ccc2c(c1)[C@@H]1C[C@@H](N2)[C@H](O[Si](C)(C)C(C)(C)C)CO1. The normalized spacial score (nSPS) is 23.7. The number of nitrogens with zero attached hydrogens (tertiary/aromatic N) is 1. The minimum atomic E-state index is -1.90. The number of rotatable bonds is 9. The molecule has 0 radical (unpaired) electrons. The first-order valence-electron chi connectivity index (χ1n) is 15.3. The molecule has 7 nitrogen and oxygen atoms in total. The van der Waals surface area contributed by atoms with Crippen molar-refractivity contribution in [2.75, 3.05) is 24.7 Å².